The Kier molecular flexibility index (Phi) is 8.30. The van der Waals surface area contributed by atoms with E-state index in [9.17, 15) is 14.4 Å². The maximum absolute atomic E-state index is 12.9. The fraction of sp³-hybridized carbons (Fsp3) is 0.207. The summed E-state index contributed by atoms with van der Waals surface area (Å²) in [5, 5.41) is 2.30. The summed E-state index contributed by atoms with van der Waals surface area (Å²) in [7, 11) is 0. The van der Waals surface area contributed by atoms with Gasteiger partial charge in [0.1, 0.15) is 13.2 Å². The number of carbonyl (C=O) groups excluding carboxylic acids is 3. The Hall–Kier alpha value is -4.04. The second-order valence-electron chi connectivity index (χ2n) is 8.48. The second kappa shape index (κ2) is 11.8. The van der Waals surface area contributed by atoms with Crippen LogP contribution >= 0.6 is 11.8 Å². The lowest BCUT2D eigenvalue weighted by Crippen LogP contribution is -2.36. The van der Waals surface area contributed by atoms with Crippen molar-refractivity contribution in [1.82, 2.24) is 4.90 Å². The standard InChI is InChI=1S/C29H28N2O5S/c1-4-35-25-15-22(13-14-24(25)36-18-21-10-6-5-7-11-21)16-26-28(33)31(29(34)37-26)17-27(32)30-23-12-8-9-19(2)20(23)3/h5-16H,4,17-18H2,1-3H3,(H,30,32)/b26-16+. The van der Waals surface area contributed by atoms with Gasteiger partial charge in [-0.1, -0.05) is 48.5 Å². The van der Waals surface area contributed by atoms with E-state index in [4.69, 9.17) is 9.47 Å². The number of anilines is 1. The van der Waals surface area contributed by atoms with Crippen LogP contribution in [0.4, 0.5) is 10.5 Å². The highest BCUT2D eigenvalue weighted by atomic mass is 32.2. The highest BCUT2D eigenvalue weighted by Crippen LogP contribution is 2.35. The first-order valence-electron chi connectivity index (χ1n) is 11.9. The van der Waals surface area contributed by atoms with Gasteiger partial charge in [0.05, 0.1) is 11.5 Å². The van der Waals surface area contributed by atoms with Gasteiger partial charge in [-0.05, 0) is 79.1 Å². The number of carbonyl (C=O) groups is 3. The molecule has 0 aromatic heterocycles. The zero-order chi connectivity index (χ0) is 26.4. The van der Waals surface area contributed by atoms with Crippen molar-refractivity contribution in [3.05, 3.63) is 93.9 Å². The van der Waals surface area contributed by atoms with E-state index in [1.54, 1.807) is 30.3 Å². The lowest BCUT2D eigenvalue weighted by molar-refractivity contribution is -0.127. The molecule has 1 aliphatic rings. The third-order valence-corrected chi connectivity index (χ3v) is 6.76. The molecule has 0 atom stereocenters. The Morgan fingerprint density at radius 2 is 1.76 bits per heavy atom. The van der Waals surface area contributed by atoms with E-state index in [2.05, 4.69) is 5.32 Å². The van der Waals surface area contributed by atoms with Gasteiger partial charge in [0, 0.05) is 5.69 Å². The average Bonchev–Trinajstić information content (AvgIpc) is 3.14. The molecule has 0 spiro atoms. The van der Waals surface area contributed by atoms with Gasteiger partial charge in [-0.2, -0.15) is 0 Å². The first-order valence-corrected chi connectivity index (χ1v) is 12.7. The number of amides is 3. The lowest BCUT2D eigenvalue weighted by Gasteiger charge is -2.14. The number of nitrogens with one attached hydrogen (secondary N) is 1. The molecule has 1 aliphatic heterocycles. The second-order valence-corrected chi connectivity index (χ2v) is 9.47. The predicted molar refractivity (Wildman–Crippen MR) is 146 cm³/mol. The van der Waals surface area contributed by atoms with Crippen LogP contribution in [-0.2, 0) is 16.2 Å². The summed E-state index contributed by atoms with van der Waals surface area (Å²) in [6, 6.07) is 20.7. The molecule has 3 aromatic rings. The van der Waals surface area contributed by atoms with Crippen molar-refractivity contribution in [1.29, 1.82) is 0 Å². The van der Waals surface area contributed by atoms with Gasteiger partial charge in [-0.3, -0.25) is 19.3 Å². The van der Waals surface area contributed by atoms with Gasteiger partial charge in [0.2, 0.25) is 5.91 Å². The number of imide groups is 1. The summed E-state index contributed by atoms with van der Waals surface area (Å²) in [6.45, 7) is 6.21. The molecule has 3 amide bonds. The molecular weight excluding hydrogens is 488 g/mol. The monoisotopic (exact) mass is 516 g/mol. The summed E-state index contributed by atoms with van der Waals surface area (Å²) >= 11 is 0.808. The van der Waals surface area contributed by atoms with E-state index in [1.807, 2.05) is 63.2 Å². The quantitative estimate of drug-likeness (QED) is 0.354. The molecule has 4 rings (SSSR count). The van der Waals surface area contributed by atoms with Crippen molar-refractivity contribution < 1.29 is 23.9 Å². The molecule has 1 fully saturated rings. The van der Waals surface area contributed by atoms with E-state index < -0.39 is 17.1 Å². The number of benzene rings is 3. The van der Waals surface area contributed by atoms with Crippen LogP contribution in [0.3, 0.4) is 0 Å². The number of rotatable bonds is 9. The molecule has 37 heavy (non-hydrogen) atoms. The Labute approximate surface area is 220 Å². The topological polar surface area (TPSA) is 84.9 Å². The zero-order valence-electron chi connectivity index (χ0n) is 20.9. The van der Waals surface area contributed by atoms with Crippen LogP contribution in [0.1, 0.15) is 29.2 Å². The molecule has 0 unspecified atom stereocenters. The summed E-state index contributed by atoms with van der Waals surface area (Å²) in [6.07, 6.45) is 1.62. The molecule has 190 valence electrons. The molecule has 0 radical (unpaired) electrons. The van der Waals surface area contributed by atoms with E-state index in [1.165, 1.54) is 0 Å². The van der Waals surface area contributed by atoms with Crippen molar-refractivity contribution in [3.63, 3.8) is 0 Å². The van der Waals surface area contributed by atoms with Gasteiger partial charge < -0.3 is 14.8 Å². The Morgan fingerprint density at radius 1 is 0.973 bits per heavy atom. The van der Waals surface area contributed by atoms with E-state index in [0.717, 1.165) is 33.4 Å². The molecule has 1 saturated heterocycles. The number of ether oxygens (including phenoxy) is 2. The fourth-order valence-electron chi connectivity index (χ4n) is 3.74. The zero-order valence-corrected chi connectivity index (χ0v) is 21.8. The van der Waals surface area contributed by atoms with E-state index in [-0.39, 0.29) is 11.4 Å². The minimum Gasteiger partial charge on any atom is -0.490 e. The van der Waals surface area contributed by atoms with Crippen molar-refractivity contribution in [2.75, 3.05) is 18.5 Å². The van der Waals surface area contributed by atoms with Crippen LogP contribution in [0.25, 0.3) is 6.08 Å². The Morgan fingerprint density at radius 3 is 2.51 bits per heavy atom. The van der Waals surface area contributed by atoms with Crippen molar-refractivity contribution in [2.24, 2.45) is 0 Å². The van der Waals surface area contributed by atoms with Crippen LogP contribution in [0.15, 0.2) is 71.6 Å². The molecular formula is C29H28N2O5S. The third-order valence-electron chi connectivity index (χ3n) is 5.86. The minimum atomic E-state index is -0.506. The Balaban J connectivity index is 1.45. The fourth-order valence-corrected chi connectivity index (χ4v) is 4.58. The van der Waals surface area contributed by atoms with Gasteiger partial charge >= 0.3 is 0 Å². The van der Waals surface area contributed by atoms with E-state index >= 15 is 0 Å². The molecule has 0 saturated carbocycles. The van der Waals surface area contributed by atoms with Gasteiger partial charge in [0.25, 0.3) is 11.1 Å². The highest BCUT2D eigenvalue weighted by molar-refractivity contribution is 8.18. The third kappa shape index (κ3) is 6.40. The van der Waals surface area contributed by atoms with Gasteiger partial charge in [-0.25, -0.2) is 0 Å². The van der Waals surface area contributed by atoms with E-state index in [0.29, 0.717) is 36.0 Å². The van der Waals surface area contributed by atoms with Gasteiger partial charge in [-0.15, -0.1) is 0 Å². The van der Waals surface area contributed by atoms with Crippen LogP contribution in [0, 0.1) is 13.8 Å². The molecule has 1 heterocycles. The summed E-state index contributed by atoms with van der Waals surface area (Å²) < 4.78 is 11.7. The number of aryl methyl sites for hydroxylation is 1. The lowest BCUT2D eigenvalue weighted by atomic mass is 10.1. The smallest absolute Gasteiger partial charge is 0.294 e. The summed E-state index contributed by atoms with van der Waals surface area (Å²) in [4.78, 5) is 39.3. The number of nitrogens with zero attached hydrogens (tertiary/aromatic N) is 1. The van der Waals surface area contributed by atoms with Crippen molar-refractivity contribution in [3.8, 4) is 11.5 Å². The maximum Gasteiger partial charge on any atom is 0.294 e. The SMILES string of the molecule is CCOc1cc(/C=C2/SC(=O)N(CC(=O)Nc3cccc(C)c3C)C2=O)ccc1OCc1ccccc1. The molecule has 7 nitrogen and oxygen atoms in total. The van der Waals surface area contributed by atoms with Crippen LogP contribution < -0.4 is 14.8 Å². The van der Waals surface area contributed by atoms with Gasteiger partial charge in [0.15, 0.2) is 11.5 Å². The molecule has 1 N–H and O–H groups in total. The Bertz CT molecular complexity index is 1350. The average molecular weight is 517 g/mol. The largest absolute Gasteiger partial charge is 0.490 e. The molecule has 3 aromatic carbocycles. The number of hydrogen-bond donors (Lipinski definition) is 1. The minimum absolute atomic E-state index is 0.241. The van der Waals surface area contributed by atoms with Crippen LogP contribution in [0.5, 0.6) is 11.5 Å². The number of hydrogen-bond acceptors (Lipinski definition) is 6. The summed E-state index contributed by atoms with van der Waals surface area (Å²) in [5.41, 5.74) is 4.34. The molecule has 8 heteroatoms. The first-order chi connectivity index (χ1) is 17.9. The normalized spacial score (nSPS) is 14.2. The summed E-state index contributed by atoms with van der Waals surface area (Å²) in [5.74, 6) is 0.183. The maximum atomic E-state index is 12.9. The van der Waals surface area contributed by atoms with Crippen LogP contribution in [-0.4, -0.2) is 35.1 Å². The predicted octanol–water partition coefficient (Wildman–Crippen LogP) is 5.96. The number of thioether (sulfide) groups is 1. The first kappa shape index (κ1) is 26.0. The molecule has 0 bridgehead atoms. The van der Waals surface area contributed by atoms with Crippen LogP contribution in [0.2, 0.25) is 0 Å². The van der Waals surface area contributed by atoms with Crippen molar-refractivity contribution in [2.45, 2.75) is 27.4 Å². The van der Waals surface area contributed by atoms with Crippen molar-refractivity contribution >= 4 is 40.6 Å². The molecule has 0 aliphatic carbocycles. The highest BCUT2D eigenvalue weighted by Gasteiger charge is 2.36.